The Bertz CT molecular complexity index is 976. The molecule has 1 amide bonds. The van der Waals surface area contributed by atoms with Crippen molar-refractivity contribution in [1.29, 1.82) is 0 Å². The third-order valence-corrected chi connectivity index (χ3v) is 5.26. The van der Waals surface area contributed by atoms with E-state index >= 15 is 0 Å². The Balaban J connectivity index is 1.59. The van der Waals surface area contributed by atoms with Gasteiger partial charge in [0.15, 0.2) is 11.5 Å². The van der Waals surface area contributed by atoms with Crippen molar-refractivity contribution in [1.82, 2.24) is 10.3 Å². The lowest BCUT2D eigenvalue weighted by atomic mass is 10.1. The Morgan fingerprint density at radius 2 is 1.70 bits per heavy atom. The van der Waals surface area contributed by atoms with Crippen LogP contribution in [0.5, 0.6) is 23.0 Å². The van der Waals surface area contributed by atoms with Crippen LogP contribution in [-0.2, 0) is 13.2 Å². The number of methoxy groups -OCH3 is 3. The highest BCUT2D eigenvalue weighted by Gasteiger charge is 2.14. The van der Waals surface area contributed by atoms with Crippen LogP contribution in [-0.4, -0.2) is 32.2 Å². The average Bonchev–Trinajstić information content (AvgIpc) is 3.20. The number of rotatable bonds is 9. The van der Waals surface area contributed by atoms with Crippen LogP contribution >= 0.6 is 11.3 Å². The van der Waals surface area contributed by atoms with E-state index in [2.05, 4.69) is 10.3 Å². The van der Waals surface area contributed by atoms with Crippen LogP contribution in [0.1, 0.15) is 26.6 Å². The van der Waals surface area contributed by atoms with Crippen LogP contribution in [0.2, 0.25) is 0 Å². The summed E-state index contributed by atoms with van der Waals surface area (Å²) < 4.78 is 21.7. The number of aryl methyl sites for hydroxylation is 1. The number of amides is 1. The molecular weight excluding hydrogens is 404 g/mol. The predicted molar refractivity (Wildman–Crippen MR) is 115 cm³/mol. The van der Waals surface area contributed by atoms with Crippen molar-refractivity contribution in [3.8, 4) is 23.0 Å². The van der Waals surface area contributed by atoms with Crippen LogP contribution in [0.4, 0.5) is 0 Å². The summed E-state index contributed by atoms with van der Waals surface area (Å²) in [5.74, 6) is 2.09. The standard InChI is InChI=1S/C22H24N2O5S/c1-14-13-30-20(24-14)12-29-17-7-5-16(6-8-17)22(25)23-11-15-9-18(26-2)21(28-4)19(10-15)27-3/h5-10,13H,11-12H2,1-4H3,(H,23,25). The summed E-state index contributed by atoms with van der Waals surface area (Å²) in [5.41, 5.74) is 2.36. The molecular formula is C22H24N2O5S. The van der Waals surface area contributed by atoms with E-state index in [9.17, 15) is 4.79 Å². The van der Waals surface area contributed by atoms with E-state index in [0.29, 0.717) is 41.7 Å². The number of aromatic nitrogens is 1. The van der Waals surface area contributed by atoms with Crippen LogP contribution in [0, 0.1) is 6.92 Å². The van der Waals surface area contributed by atoms with Gasteiger partial charge >= 0.3 is 0 Å². The summed E-state index contributed by atoms with van der Waals surface area (Å²) in [4.78, 5) is 16.9. The molecule has 0 fully saturated rings. The monoisotopic (exact) mass is 428 g/mol. The highest BCUT2D eigenvalue weighted by atomic mass is 32.1. The van der Waals surface area contributed by atoms with Gasteiger partial charge in [0, 0.05) is 23.2 Å². The van der Waals surface area contributed by atoms with Gasteiger partial charge in [-0.05, 0) is 48.9 Å². The highest BCUT2D eigenvalue weighted by Crippen LogP contribution is 2.38. The number of benzene rings is 2. The van der Waals surface area contributed by atoms with Crippen molar-refractivity contribution in [2.24, 2.45) is 0 Å². The van der Waals surface area contributed by atoms with Crippen LogP contribution < -0.4 is 24.3 Å². The quantitative estimate of drug-likeness (QED) is 0.555. The van der Waals surface area contributed by atoms with Crippen LogP contribution in [0.15, 0.2) is 41.8 Å². The molecule has 0 aliphatic carbocycles. The molecule has 0 bridgehead atoms. The molecule has 1 N–H and O–H groups in total. The number of hydrogen-bond acceptors (Lipinski definition) is 7. The Morgan fingerprint density at radius 3 is 2.23 bits per heavy atom. The molecule has 0 aliphatic rings. The van der Waals surface area contributed by atoms with Crippen molar-refractivity contribution in [3.63, 3.8) is 0 Å². The fraction of sp³-hybridized carbons (Fsp3) is 0.273. The van der Waals surface area contributed by atoms with Gasteiger partial charge < -0.3 is 24.3 Å². The largest absolute Gasteiger partial charge is 0.493 e. The van der Waals surface area contributed by atoms with Gasteiger partial charge in [-0.15, -0.1) is 11.3 Å². The van der Waals surface area contributed by atoms with Crippen molar-refractivity contribution in [2.75, 3.05) is 21.3 Å². The number of carbonyl (C=O) groups excluding carboxylic acids is 1. The second-order valence-corrected chi connectivity index (χ2v) is 7.35. The first-order valence-electron chi connectivity index (χ1n) is 9.25. The molecule has 2 aromatic carbocycles. The van der Waals surface area contributed by atoms with Gasteiger partial charge in [-0.3, -0.25) is 4.79 Å². The van der Waals surface area contributed by atoms with Crippen molar-refractivity contribution < 1.29 is 23.7 Å². The highest BCUT2D eigenvalue weighted by molar-refractivity contribution is 7.09. The van der Waals surface area contributed by atoms with Gasteiger partial charge in [-0.25, -0.2) is 4.98 Å². The normalized spacial score (nSPS) is 10.4. The molecule has 30 heavy (non-hydrogen) atoms. The third-order valence-electron chi connectivity index (χ3n) is 4.32. The van der Waals surface area contributed by atoms with E-state index in [1.54, 1.807) is 69.1 Å². The van der Waals surface area contributed by atoms with Crippen LogP contribution in [0.25, 0.3) is 0 Å². The second-order valence-electron chi connectivity index (χ2n) is 6.41. The van der Waals surface area contributed by atoms with E-state index in [1.165, 1.54) is 0 Å². The molecule has 3 aromatic rings. The molecule has 0 atom stereocenters. The van der Waals surface area contributed by atoms with E-state index < -0.39 is 0 Å². The minimum absolute atomic E-state index is 0.189. The van der Waals surface area contributed by atoms with Crippen molar-refractivity contribution in [2.45, 2.75) is 20.1 Å². The van der Waals surface area contributed by atoms with E-state index in [4.69, 9.17) is 18.9 Å². The Kier molecular flexibility index (Phi) is 7.13. The molecule has 0 saturated carbocycles. The topological polar surface area (TPSA) is 78.9 Å². The predicted octanol–water partition coefficient (Wildman–Crippen LogP) is 3.99. The molecule has 0 spiro atoms. The SMILES string of the molecule is COc1cc(CNC(=O)c2ccc(OCc3nc(C)cs3)cc2)cc(OC)c1OC. The lowest BCUT2D eigenvalue weighted by Crippen LogP contribution is -2.22. The van der Waals surface area contributed by atoms with Crippen LogP contribution in [0.3, 0.4) is 0 Å². The Labute approximate surface area is 179 Å². The van der Waals surface area contributed by atoms with Gasteiger partial charge in [-0.1, -0.05) is 0 Å². The zero-order chi connectivity index (χ0) is 21.5. The molecule has 8 heteroatoms. The number of nitrogens with one attached hydrogen (secondary N) is 1. The van der Waals surface area contributed by atoms with Gasteiger partial charge in [0.25, 0.3) is 5.91 Å². The first-order chi connectivity index (χ1) is 14.5. The fourth-order valence-corrected chi connectivity index (χ4v) is 3.52. The zero-order valence-corrected chi connectivity index (χ0v) is 18.2. The van der Waals surface area contributed by atoms with E-state index in [1.807, 2.05) is 12.3 Å². The third kappa shape index (κ3) is 5.21. The Hall–Kier alpha value is -3.26. The number of carbonyl (C=O) groups is 1. The number of thiazole rings is 1. The van der Waals surface area contributed by atoms with E-state index in [-0.39, 0.29) is 5.91 Å². The molecule has 0 radical (unpaired) electrons. The van der Waals surface area contributed by atoms with E-state index in [0.717, 1.165) is 16.3 Å². The first-order valence-corrected chi connectivity index (χ1v) is 10.1. The molecule has 158 valence electrons. The first kappa shape index (κ1) is 21.4. The second kappa shape index (κ2) is 9.98. The molecule has 3 rings (SSSR count). The maximum Gasteiger partial charge on any atom is 0.251 e. The molecule has 0 saturated heterocycles. The number of hydrogen-bond donors (Lipinski definition) is 1. The van der Waals surface area contributed by atoms with Gasteiger partial charge in [-0.2, -0.15) is 0 Å². The van der Waals surface area contributed by atoms with Gasteiger partial charge in [0.1, 0.15) is 17.4 Å². The number of ether oxygens (including phenoxy) is 4. The summed E-state index contributed by atoms with van der Waals surface area (Å²) in [7, 11) is 4.66. The molecule has 1 aromatic heterocycles. The van der Waals surface area contributed by atoms with Gasteiger partial charge in [0.05, 0.1) is 21.3 Å². The minimum atomic E-state index is -0.189. The Morgan fingerprint density at radius 1 is 1.03 bits per heavy atom. The molecule has 1 heterocycles. The lowest BCUT2D eigenvalue weighted by Gasteiger charge is -2.14. The van der Waals surface area contributed by atoms with Gasteiger partial charge in [0.2, 0.25) is 5.75 Å². The smallest absolute Gasteiger partial charge is 0.251 e. The lowest BCUT2D eigenvalue weighted by molar-refractivity contribution is 0.0950. The number of nitrogens with zero attached hydrogens (tertiary/aromatic N) is 1. The summed E-state index contributed by atoms with van der Waals surface area (Å²) in [6.07, 6.45) is 0. The van der Waals surface area contributed by atoms with Crippen molar-refractivity contribution in [3.05, 3.63) is 63.6 Å². The fourth-order valence-electron chi connectivity index (χ4n) is 2.84. The molecule has 0 unspecified atom stereocenters. The zero-order valence-electron chi connectivity index (χ0n) is 17.4. The summed E-state index contributed by atoms with van der Waals surface area (Å²) in [5, 5.41) is 5.80. The summed E-state index contributed by atoms with van der Waals surface area (Å²) in [6.45, 7) is 2.67. The maximum absolute atomic E-state index is 12.5. The molecule has 7 nitrogen and oxygen atoms in total. The maximum atomic E-state index is 12.5. The average molecular weight is 429 g/mol. The minimum Gasteiger partial charge on any atom is -0.493 e. The summed E-state index contributed by atoms with van der Waals surface area (Å²) >= 11 is 1.56. The summed E-state index contributed by atoms with van der Waals surface area (Å²) in [6, 6.07) is 10.6. The van der Waals surface area contributed by atoms with Crippen molar-refractivity contribution >= 4 is 17.2 Å². The molecule has 0 aliphatic heterocycles.